The van der Waals surface area contributed by atoms with Gasteiger partial charge in [-0.1, -0.05) is 23.8 Å². The van der Waals surface area contributed by atoms with Crippen molar-refractivity contribution < 1.29 is 13.2 Å². The van der Waals surface area contributed by atoms with Crippen LogP contribution in [0, 0.1) is 6.92 Å². The lowest BCUT2D eigenvalue weighted by atomic mass is 10.2. The Labute approximate surface area is 179 Å². The monoisotopic (exact) mass is 449 g/mol. The van der Waals surface area contributed by atoms with E-state index >= 15 is 0 Å². The molecule has 1 atom stereocenters. The van der Waals surface area contributed by atoms with Crippen LogP contribution in [0.25, 0.3) is 0 Å². The number of carbonyl (C=O) groups is 1. The fraction of sp³-hybridized carbons (Fsp3) is 0.250. The van der Waals surface area contributed by atoms with Crippen molar-refractivity contribution in [2.75, 3.05) is 25.4 Å². The lowest BCUT2D eigenvalue weighted by Crippen LogP contribution is -2.34. The van der Waals surface area contributed by atoms with Crippen molar-refractivity contribution in [1.82, 2.24) is 10.2 Å². The number of rotatable bonds is 8. The molecule has 9 heteroatoms. The van der Waals surface area contributed by atoms with E-state index in [4.69, 9.17) is 0 Å². The minimum absolute atomic E-state index is 0.0156. The molecule has 0 spiro atoms. The molecular weight excluding hydrogens is 426 g/mol. The molecule has 0 aliphatic rings. The van der Waals surface area contributed by atoms with Gasteiger partial charge in [0.25, 0.3) is 15.9 Å². The Balaban J connectivity index is 1.74. The van der Waals surface area contributed by atoms with E-state index in [0.29, 0.717) is 12.2 Å². The van der Waals surface area contributed by atoms with Crippen LogP contribution in [-0.2, 0) is 10.0 Å². The highest BCUT2D eigenvalue weighted by Gasteiger charge is 2.25. The summed E-state index contributed by atoms with van der Waals surface area (Å²) < 4.78 is 28.2. The van der Waals surface area contributed by atoms with Crippen LogP contribution in [-0.4, -0.2) is 39.9 Å². The zero-order chi connectivity index (χ0) is 21.0. The average Bonchev–Trinajstić information content (AvgIpc) is 3.35. The first-order valence-electron chi connectivity index (χ1n) is 8.93. The zero-order valence-electron chi connectivity index (χ0n) is 16.4. The Morgan fingerprint density at radius 2 is 1.79 bits per heavy atom. The third kappa shape index (κ3) is 5.24. The average molecular weight is 450 g/mol. The van der Waals surface area contributed by atoms with Crippen LogP contribution in [0.2, 0.25) is 0 Å². The predicted octanol–water partition coefficient (Wildman–Crippen LogP) is 3.95. The fourth-order valence-electron chi connectivity index (χ4n) is 2.79. The second kappa shape index (κ2) is 9.08. The van der Waals surface area contributed by atoms with Gasteiger partial charge in [0, 0.05) is 17.1 Å². The Kier molecular flexibility index (Phi) is 6.74. The van der Waals surface area contributed by atoms with Crippen LogP contribution in [0.3, 0.4) is 0 Å². The van der Waals surface area contributed by atoms with Gasteiger partial charge < -0.3 is 10.2 Å². The van der Waals surface area contributed by atoms with Gasteiger partial charge in [0.2, 0.25) is 0 Å². The third-order valence-corrected chi connectivity index (χ3v) is 7.82. The number of hydrogen-bond acceptors (Lipinski definition) is 6. The topological polar surface area (TPSA) is 78.5 Å². The molecule has 2 N–H and O–H groups in total. The van der Waals surface area contributed by atoms with Crippen molar-refractivity contribution in [3.63, 3.8) is 0 Å². The molecular formula is C20H23N3O3S3. The number of benzene rings is 1. The van der Waals surface area contributed by atoms with E-state index in [-0.39, 0.29) is 15.8 Å². The fourth-order valence-corrected chi connectivity index (χ4v) is 6.12. The second-order valence-electron chi connectivity index (χ2n) is 6.79. The van der Waals surface area contributed by atoms with Crippen LogP contribution in [0.15, 0.2) is 58.1 Å². The first-order valence-corrected chi connectivity index (χ1v) is 12.2. The number of sulfonamides is 1. The largest absolute Gasteiger partial charge is 0.349 e. The summed E-state index contributed by atoms with van der Waals surface area (Å²) >= 11 is 2.73. The predicted molar refractivity (Wildman–Crippen MR) is 119 cm³/mol. The molecule has 1 unspecified atom stereocenters. The van der Waals surface area contributed by atoms with E-state index in [9.17, 15) is 13.2 Å². The molecule has 0 saturated heterocycles. The lowest BCUT2D eigenvalue weighted by Gasteiger charge is -2.23. The molecule has 0 radical (unpaired) electrons. The third-order valence-electron chi connectivity index (χ3n) is 4.38. The summed E-state index contributed by atoms with van der Waals surface area (Å²) in [6.45, 7) is 2.31. The normalized spacial score (nSPS) is 12.7. The number of anilines is 1. The van der Waals surface area contributed by atoms with Crippen LogP contribution >= 0.6 is 22.7 Å². The zero-order valence-corrected chi connectivity index (χ0v) is 18.8. The molecule has 1 aromatic carbocycles. The Morgan fingerprint density at radius 1 is 1.07 bits per heavy atom. The summed E-state index contributed by atoms with van der Waals surface area (Å²) in [6.07, 6.45) is 0. The number of thiophene rings is 2. The molecule has 0 aliphatic heterocycles. The van der Waals surface area contributed by atoms with Gasteiger partial charge in [0.15, 0.2) is 0 Å². The summed E-state index contributed by atoms with van der Waals surface area (Å²) in [5.74, 6) is -0.396. The maximum atomic E-state index is 12.8. The first-order chi connectivity index (χ1) is 13.8. The van der Waals surface area contributed by atoms with E-state index in [0.717, 1.165) is 21.8 Å². The molecule has 2 aromatic heterocycles. The van der Waals surface area contributed by atoms with Gasteiger partial charge in [-0.25, -0.2) is 8.42 Å². The second-order valence-corrected chi connectivity index (χ2v) is 10.3. The van der Waals surface area contributed by atoms with Gasteiger partial charge >= 0.3 is 0 Å². The van der Waals surface area contributed by atoms with Crippen LogP contribution in [0.5, 0.6) is 0 Å². The molecule has 6 nitrogen and oxygen atoms in total. The van der Waals surface area contributed by atoms with Crippen molar-refractivity contribution >= 4 is 44.3 Å². The smallest absolute Gasteiger partial charge is 0.263 e. The number of likely N-dealkylation sites (N-methyl/N-ethyl adjacent to an activating group) is 1. The van der Waals surface area contributed by atoms with E-state index < -0.39 is 15.9 Å². The first kappa shape index (κ1) is 21.5. The quantitative estimate of drug-likeness (QED) is 0.546. The van der Waals surface area contributed by atoms with E-state index in [1.165, 1.54) is 6.07 Å². The molecule has 154 valence electrons. The van der Waals surface area contributed by atoms with Crippen LogP contribution in [0.4, 0.5) is 5.69 Å². The highest BCUT2D eigenvalue weighted by Crippen LogP contribution is 2.26. The summed E-state index contributed by atoms with van der Waals surface area (Å²) in [5, 5.41) is 6.49. The summed E-state index contributed by atoms with van der Waals surface area (Å²) in [6, 6.07) is 12.5. The standard InChI is InChI=1S/C20H23N3O3S3/c1-14-6-8-15(9-7-14)22-29(25,26)18-10-12-28-19(18)20(24)21-13-16(23(2)3)17-5-4-11-27-17/h4-12,16,22H,13H2,1-3H3,(H,21,24). The maximum Gasteiger partial charge on any atom is 0.263 e. The van der Waals surface area contributed by atoms with Crippen LogP contribution in [0.1, 0.15) is 26.2 Å². The molecule has 1 amide bonds. The molecule has 3 aromatic rings. The molecule has 0 aliphatic carbocycles. The maximum absolute atomic E-state index is 12.8. The number of hydrogen-bond donors (Lipinski definition) is 2. The molecule has 3 rings (SSSR count). The number of aryl methyl sites for hydroxylation is 1. The summed E-state index contributed by atoms with van der Waals surface area (Å²) in [7, 11) is 0.0296. The van der Waals surface area contributed by atoms with Gasteiger partial charge in [0.05, 0.1) is 6.04 Å². The van der Waals surface area contributed by atoms with Gasteiger partial charge in [0.1, 0.15) is 9.77 Å². The van der Waals surface area contributed by atoms with Crippen molar-refractivity contribution in [3.8, 4) is 0 Å². The Hall–Kier alpha value is -2.20. The summed E-state index contributed by atoms with van der Waals surface area (Å²) in [5.41, 5.74) is 1.49. The summed E-state index contributed by atoms with van der Waals surface area (Å²) in [4.78, 5) is 16.1. The van der Waals surface area contributed by atoms with Gasteiger partial charge in [-0.05, 0) is 56.0 Å². The van der Waals surface area contributed by atoms with Gasteiger partial charge in [-0.15, -0.1) is 22.7 Å². The van der Waals surface area contributed by atoms with Crippen LogP contribution < -0.4 is 10.0 Å². The number of nitrogens with one attached hydrogen (secondary N) is 2. The lowest BCUT2D eigenvalue weighted by molar-refractivity contribution is 0.0943. The highest BCUT2D eigenvalue weighted by atomic mass is 32.2. The minimum Gasteiger partial charge on any atom is -0.349 e. The van der Waals surface area contributed by atoms with E-state index in [2.05, 4.69) is 10.0 Å². The van der Waals surface area contributed by atoms with Crippen molar-refractivity contribution in [2.24, 2.45) is 0 Å². The molecule has 0 bridgehead atoms. The van der Waals surface area contributed by atoms with E-state index in [1.807, 2.05) is 55.6 Å². The number of amides is 1. The van der Waals surface area contributed by atoms with Crippen molar-refractivity contribution in [1.29, 1.82) is 0 Å². The number of carbonyl (C=O) groups excluding carboxylic acids is 1. The molecule has 0 fully saturated rings. The van der Waals surface area contributed by atoms with Crippen molar-refractivity contribution in [3.05, 3.63) is 68.5 Å². The highest BCUT2D eigenvalue weighted by molar-refractivity contribution is 7.93. The van der Waals surface area contributed by atoms with Crippen molar-refractivity contribution in [2.45, 2.75) is 17.9 Å². The Bertz CT molecular complexity index is 1060. The van der Waals surface area contributed by atoms with Gasteiger partial charge in [-0.3, -0.25) is 9.52 Å². The Morgan fingerprint density at radius 3 is 2.41 bits per heavy atom. The SMILES string of the molecule is Cc1ccc(NS(=O)(=O)c2ccsc2C(=O)NCC(c2cccs2)N(C)C)cc1. The molecule has 2 heterocycles. The van der Waals surface area contributed by atoms with E-state index in [1.54, 1.807) is 28.8 Å². The van der Waals surface area contributed by atoms with Gasteiger partial charge in [-0.2, -0.15) is 0 Å². The minimum atomic E-state index is -3.87. The molecule has 29 heavy (non-hydrogen) atoms. The molecule has 0 saturated carbocycles. The number of nitrogens with zero attached hydrogens (tertiary/aromatic N) is 1.